The third-order valence-electron chi connectivity index (χ3n) is 2.65. The highest BCUT2D eigenvalue weighted by Gasteiger charge is 2.18. The Hall–Kier alpha value is -2.24. The average Bonchev–Trinajstić information content (AvgIpc) is 2.35. The molecule has 6 nitrogen and oxygen atoms in total. The van der Waals surface area contributed by atoms with Crippen molar-refractivity contribution in [2.75, 3.05) is 24.3 Å². The normalized spacial score (nSPS) is 11.5. The van der Waals surface area contributed by atoms with E-state index in [-0.39, 0.29) is 0 Å². The predicted molar refractivity (Wildman–Crippen MR) is 74.6 cm³/mol. The smallest absolute Gasteiger partial charge is 0.326 e. The maximum absolute atomic E-state index is 11.8. The molecule has 0 bridgehead atoms. The van der Waals surface area contributed by atoms with Crippen molar-refractivity contribution in [2.24, 2.45) is 0 Å². The molecule has 1 atom stereocenters. The lowest BCUT2D eigenvalue weighted by atomic mass is 10.2. The van der Waals surface area contributed by atoms with E-state index in [9.17, 15) is 9.59 Å². The summed E-state index contributed by atoms with van der Waals surface area (Å²) in [5.74, 6) is -1.04. The Bertz CT molecular complexity index is 460. The van der Waals surface area contributed by atoms with E-state index in [1.807, 2.05) is 31.1 Å². The quantitative estimate of drug-likeness (QED) is 0.757. The van der Waals surface area contributed by atoms with Crippen LogP contribution >= 0.6 is 0 Å². The summed E-state index contributed by atoms with van der Waals surface area (Å²) in [7, 11) is 3.73. The standard InChI is InChI=1S/C13H19N3O3/c1-4-9(12(17)18)14-13(19)15-10-7-5-6-8-11(10)16(2)3/h5-9H,4H2,1-3H3,(H,17,18)(H2,14,15,19)/t9-/m0/s1. The first-order chi connectivity index (χ1) is 8.95. The van der Waals surface area contributed by atoms with Crippen molar-refractivity contribution < 1.29 is 14.7 Å². The van der Waals surface area contributed by atoms with Crippen LogP contribution in [0.15, 0.2) is 24.3 Å². The second kappa shape index (κ2) is 6.63. The number of nitrogens with zero attached hydrogens (tertiary/aromatic N) is 1. The number of urea groups is 1. The summed E-state index contributed by atoms with van der Waals surface area (Å²) in [5, 5.41) is 13.9. The van der Waals surface area contributed by atoms with E-state index in [2.05, 4.69) is 10.6 Å². The lowest BCUT2D eigenvalue weighted by molar-refractivity contribution is -0.139. The molecule has 19 heavy (non-hydrogen) atoms. The van der Waals surface area contributed by atoms with Gasteiger partial charge in [-0.2, -0.15) is 0 Å². The van der Waals surface area contributed by atoms with E-state index in [1.165, 1.54) is 0 Å². The van der Waals surface area contributed by atoms with Crippen LogP contribution < -0.4 is 15.5 Å². The minimum atomic E-state index is -1.04. The Morgan fingerprint density at radius 3 is 2.47 bits per heavy atom. The molecule has 0 heterocycles. The number of carboxylic acids is 1. The zero-order valence-electron chi connectivity index (χ0n) is 11.3. The van der Waals surface area contributed by atoms with Crippen molar-refractivity contribution in [1.82, 2.24) is 5.32 Å². The first-order valence-electron chi connectivity index (χ1n) is 6.02. The van der Waals surface area contributed by atoms with Gasteiger partial charge in [-0.05, 0) is 18.6 Å². The summed E-state index contributed by atoms with van der Waals surface area (Å²) in [5.41, 5.74) is 1.48. The van der Waals surface area contributed by atoms with Gasteiger partial charge in [-0.25, -0.2) is 9.59 Å². The molecular weight excluding hydrogens is 246 g/mol. The molecule has 104 valence electrons. The minimum Gasteiger partial charge on any atom is -0.480 e. The van der Waals surface area contributed by atoms with Gasteiger partial charge in [0.2, 0.25) is 0 Å². The Morgan fingerprint density at radius 1 is 1.32 bits per heavy atom. The molecule has 0 aliphatic carbocycles. The number of nitrogens with one attached hydrogen (secondary N) is 2. The summed E-state index contributed by atoms with van der Waals surface area (Å²) in [6.07, 6.45) is 0.331. The fraction of sp³-hybridized carbons (Fsp3) is 0.385. The lowest BCUT2D eigenvalue weighted by Crippen LogP contribution is -2.42. The van der Waals surface area contributed by atoms with Crippen molar-refractivity contribution in [2.45, 2.75) is 19.4 Å². The zero-order valence-corrected chi connectivity index (χ0v) is 11.3. The van der Waals surface area contributed by atoms with Crippen LogP contribution in [0.4, 0.5) is 16.2 Å². The van der Waals surface area contributed by atoms with Gasteiger partial charge in [0.15, 0.2) is 0 Å². The van der Waals surface area contributed by atoms with Crippen LogP contribution in [0.5, 0.6) is 0 Å². The highest BCUT2D eigenvalue weighted by Crippen LogP contribution is 2.23. The van der Waals surface area contributed by atoms with Gasteiger partial charge >= 0.3 is 12.0 Å². The van der Waals surface area contributed by atoms with Crippen molar-refractivity contribution >= 4 is 23.4 Å². The van der Waals surface area contributed by atoms with Gasteiger partial charge in [-0.1, -0.05) is 19.1 Å². The van der Waals surface area contributed by atoms with Crippen molar-refractivity contribution in [1.29, 1.82) is 0 Å². The number of hydrogen-bond donors (Lipinski definition) is 3. The number of carbonyl (C=O) groups excluding carboxylic acids is 1. The van der Waals surface area contributed by atoms with Crippen LogP contribution in [0.25, 0.3) is 0 Å². The molecule has 6 heteroatoms. The van der Waals surface area contributed by atoms with Crippen LogP contribution in [0.3, 0.4) is 0 Å². The Balaban J connectivity index is 2.74. The van der Waals surface area contributed by atoms with Crippen molar-refractivity contribution in [3.63, 3.8) is 0 Å². The molecule has 0 aliphatic heterocycles. The molecule has 1 aromatic carbocycles. The first-order valence-corrected chi connectivity index (χ1v) is 6.02. The summed E-state index contributed by atoms with van der Waals surface area (Å²) >= 11 is 0. The van der Waals surface area contributed by atoms with E-state index in [0.717, 1.165) is 5.69 Å². The van der Waals surface area contributed by atoms with Gasteiger partial charge < -0.3 is 20.6 Å². The second-order valence-electron chi connectivity index (χ2n) is 4.31. The number of anilines is 2. The molecule has 2 amide bonds. The van der Waals surface area contributed by atoms with Gasteiger partial charge in [0.05, 0.1) is 11.4 Å². The Morgan fingerprint density at radius 2 is 1.95 bits per heavy atom. The molecule has 1 rings (SSSR count). The van der Waals surface area contributed by atoms with E-state index in [4.69, 9.17) is 5.11 Å². The van der Waals surface area contributed by atoms with E-state index in [1.54, 1.807) is 19.1 Å². The molecule has 0 fully saturated rings. The SMILES string of the molecule is CC[C@H](NC(=O)Nc1ccccc1N(C)C)C(=O)O. The molecular formula is C13H19N3O3. The Kier molecular flexibility index (Phi) is 5.17. The maximum Gasteiger partial charge on any atom is 0.326 e. The number of benzene rings is 1. The number of hydrogen-bond acceptors (Lipinski definition) is 3. The third kappa shape index (κ3) is 4.17. The number of para-hydroxylation sites is 2. The molecule has 1 aromatic rings. The molecule has 0 spiro atoms. The second-order valence-corrected chi connectivity index (χ2v) is 4.31. The lowest BCUT2D eigenvalue weighted by Gasteiger charge is -2.19. The van der Waals surface area contributed by atoms with Crippen molar-refractivity contribution in [3.05, 3.63) is 24.3 Å². The molecule has 0 saturated heterocycles. The molecule has 0 aromatic heterocycles. The summed E-state index contributed by atoms with van der Waals surface area (Å²) in [6, 6.07) is 5.89. The van der Waals surface area contributed by atoms with Gasteiger partial charge in [0, 0.05) is 14.1 Å². The highest BCUT2D eigenvalue weighted by atomic mass is 16.4. The van der Waals surface area contributed by atoms with Crippen molar-refractivity contribution in [3.8, 4) is 0 Å². The zero-order chi connectivity index (χ0) is 14.4. The molecule has 0 radical (unpaired) electrons. The monoisotopic (exact) mass is 265 g/mol. The maximum atomic E-state index is 11.8. The molecule has 0 unspecified atom stereocenters. The van der Waals surface area contributed by atoms with E-state index < -0.39 is 18.0 Å². The predicted octanol–water partition coefficient (Wildman–Crippen LogP) is 1.74. The van der Waals surface area contributed by atoms with Gasteiger partial charge in [0.1, 0.15) is 6.04 Å². The highest BCUT2D eigenvalue weighted by molar-refractivity contribution is 5.95. The largest absolute Gasteiger partial charge is 0.480 e. The topological polar surface area (TPSA) is 81.7 Å². The fourth-order valence-corrected chi connectivity index (χ4v) is 1.62. The number of amides is 2. The van der Waals surface area contributed by atoms with Gasteiger partial charge in [0.25, 0.3) is 0 Å². The molecule has 3 N–H and O–H groups in total. The number of aliphatic carboxylic acids is 1. The number of carboxylic acid groups (broad SMARTS) is 1. The van der Waals surface area contributed by atoms with Gasteiger partial charge in [-0.15, -0.1) is 0 Å². The Labute approximate surface area is 112 Å². The van der Waals surface area contributed by atoms with Gasteiger partial charge in [-0.3, -0.25) is 0 Å². The van der Waals surface area contributed by atoms with Crippen LogP contribution in [0.1, 0.15) is 13.3 Å². The minimum absolute atomic E-state index is 0.331. The summed E-state index contributed by atoms with van der Waals surface area (Å²) < 4.78 is 0. The third-order valence-corrected chi connectivity index (χ3v) is 2.65. The first kappa shape index (κ1) is 14.8. The van der Waals surface area contributed by atoms with Crippen LogP contribution in [0, 0.1) is 0 Å². The van der Waals surface area contributed by atoms with Crippen LogP contribution in [-0.2, 0) is 4.79 Å². The fourth-order valence-electron chi connectivity index (χ4n) is 1.62. The summed E-state index contributed by atoms with van der Waals surface area (Å²) in [6.45, 7) is 1.70. The van der Waals surface area contributed by atoms with Crippen LogP contribution in [-0.4, -0.2) is 37.2 Å². The number of rotatable bonds is 5. The molecule has 0 saturated carbocycles. The number of carbonyl (C=O) groups is 2. The van der Waals surface area contributed by atoms with E-state index in [0.29, 0.717) is 12.1 Å². The van der Waals surface area contributed by atoms with E-state index >= 15 is 0 Å². The van der Waals surface area contributed by atoms with Crippen LogP contribution in [0.2, 0.25) is 0 Å². The summed E-state index contributed by atoms with van der Waals surface area (Å²) in [4.78, 5) is 24.5. The molecule has 0 aliphatic rings. The average molecular weight is 265 g/mol.